The van der Waals surface area contributed by atoms with Gasteiger partial charge in [-0.1, -0.05) is 25.6 Å². The fourth-order valence-electron chi connectivity index (χ4n) is 1.33. The van der Waals surface area contributed by atoms with Crippen molar-refractivity contribution in [1.29, 1.82) is 5.26 Å². The van der Waals surface area contributed by atoms with Crippen LogP contribution in [0.2, 0.25) is 0 Å². The lowest BCUT2D eigenvalue weighted by Gasteiger charge is -2.09. The minimum Gasteiger partial charge on any atom is -0.489 e. The first kappa shape index (κ1) is 13.3. The Kier molecular flexibility index (Phi) is 5.84. The van der Waals surface area contributed by atoms with Crippen molar-refractivity contribution in [2.45, 2.75) is 13.3 Å². The number of hydrogen-bond acceptors (Lipinski definition) is 3. The summed E-state index contributed by atoms with van der Waals surface area (Å²) in [6, 6.07) is 9.69. The molecule has 0 spiro atoms. The third kappa shape index (κ3) is 5.19. The molecule has 0 atom stereocenters. The van der Waals surface area contributed by atoms with Crippen LogP contribution >= 0.6 is 0 Å². The molecular formula is C14H18N2O. The zero-order valence-corrected chi connectivity index (χ0v) is 10.2. The first-order valence-electron chi connectivity index (χ1n) is 5.72. The van der Waals surface area contributed by atoms with Crippen LogP contribution in [0.5, 0.6) is 5.75 Å². The average molecular weight is 230 g/mol. The molecule has 0 saturated heterocycles. The van der Waals surface area contributed by atoms with E-state index in [1.54, 1.807) is 0 Å². The molecule has 0 amide bonds. The van der Waals surface area contributed by atoms with Crippen LogP contribution in [-0.4, -0.2) is 19.7 Å². The molecule has 1 rings (SSSR count). The van der Waals surface area contributed by atoms with E-state index in [0.29, 0.717) is 13.0 Å². The number of rotatable bonds is 7. The lowest BCUT2D eigenvalue weighted by molar-refractivity contribution is 0.348. The van der Waals surface area contributed by atoms with E-state index in [1.807, 2.05) is 24.3 Å². The van der Waals surface area contributed by atoms with Crippen LogP contribution < -0.4 is 10.1 Å². The number of nitrogens with zero attached hydrogens (tertiary/aromatic N) is 1. The molecule has 3 nitrogen and oxygen atoms in total. The smallest absolute Gasteiger partial charge is 0.119 e. The summed E-state index contributed by atoms with van der Waals surface area (Å²) in [5.41, 5.74) is 2.03. The van der Waals surface area contributed by atoms with Crippen molar-refractivity contribution in [3.8, 4) is 11.8 Å². The number of nitrogens with one attached hydrogen (secondary N) is 1. The lowest BCUT2D eigenvalue weighted by atomic mass is 10.2. The highest BCUT2D eigenvalue weighted by molar-refractivity contribution is 5.29. The predicted molar refractivity (Wildman–Crippen MR) is 68.9 cm³/mol. The summed E-state index contributed by atoms with van der Waals surface area (Å²) >= 11 is 0. The molecule has 1 aromatic rings. The minimum atomic E-state index is 0.438. The van der Waals surface area contributed by atoms with Gasteiger partial charge in [0.25, 0.3) is 0 Å². The zero-order valence-electron chi connectivity index (χ0n) is 10.2. The summed E-state index contributed by atoms with van der Waals surface area (Å²) in [6.45, 7) is 8.21. The van der Waals surface area contributed by atoms with Crippen LogP contribution in [-0.2, 0) is 6.42 Å². The largest absolute Gasteiger partial charge is 0.489 e. The van der Waals surface area contributed by atoms with Gasteiger partial charge in [0.15, 0.2) is 0 Å². The second-order valence-electron chi connectivity index (χ2n) is 3.80. The van der Waals surface area contributed by atoms with E-state index in [4.69, 9.17) is 10.00 Å². The number of hydrogen-bond donors (Lipinski definition) is 1. The summed E-state index contributed by atoms with van der Waals surface area (Å²) in [5.74, 6) is 0.810. The van der Waals surface area contributed by atoms with Gasteiger partial charge in [-0.2, -0.15) is 5.26 Å². The molecule has 0 bridgehead atoms. The molecule has 3 heteroatoms. The molecule has 0 aliphatic heterocycles. The normalized spacial score (nSPS) is 9.65. The van der Waals surface area contributed by atoms with Crippen molar-refractivity contribution >= 4 is 0 Å². The van der Waals surface area contributed by atoms with Crippen LogP contribution in [0.4, 0.5) is 0 Å². The molecule has 1 aromatic carbocycles. The number of benzene rings is 1. The first-order valence-corrected chi connectivity index (χ1v) is 5.72. The molecule has 1 N–H and O–H groups in total. The van der Waals surface area contributed by atoms with E-state index < -0.39 is 0 Å². The highest BCUT2D eigenvalue weighted by Gasteiger charge is 1.97. The van der Waals surface area contributed by atoms with Gasteiger partial charge >= 0.3 is 0 Å². The van der Waals surface area contributed by atoms with E-state index in [-0.39, 0.29) is 0 Å². The second-order valence-corrected chi connectivity index (χ2v) is 3.80. The van der Waals surface area contributed by atoms with E-state index in [2.05, 4.69) is 24.9 Å². The molecular weight excluding hydrogens is 212 g/mol. The molecule has 17 heavy (non-hydrogen) atoms. The molecule has 0 unspecified atom stereocenters. The van der Waals surface area contributed by atoms with Crippen molar-refractivity contribution in [1.82, 2.24) is 5.32 Å². The summed E-state index contributed by atoms with van der Waals surface area (Å²) in [5, 5.41) is 11.7. The summed E-state index contributed by atoms with van der Waals surface area (Å²) in [4.78, 5) is 0. The van der Waals surface area contributed by atoms with Crippen LogP contribution in [0, 0.1) is 11.3 Å². The summed E-state index contributed by atoms with van der Waals surface area (Å²) < 4.78 is 5.58. The second kappa shape index (κ2) is 7.48. The fraction of sp³-hybridized carbons (Fsp3) is 0.357. The minimum absolute atomic E-state index is 0.438. The Morgan fingerprint density at radius 3 is 2.71 bits per heavy atom. The predicted octanol–water partition coefficient (Wildman–Crippen LogP) is 2.30. The number of nitriles is 1. The van der Waals surface area contributed by atoms with Gasteiger partial charge in [0, 0.05) is 6.54 Å². The maximum Gasteiger partial charge on any atom is 0.119 e. The van der Waals surface area contributed by atoms with Gasteiger partial charge < -0.3 is 10.1 Å². The number of ether oxygens (including phenoxy) is 1. The highest BCUT2D eigenvalue weighted by atomic mass is 16.5. The summed E-state index contributed by atoms with van der Waals surface area (Å²) in [6.07, 6.45) is 0.438. The van der Waals surface area contributed by atoms with Crippen molar-refractivity contribution < 1.29 is 4.74 Å². The fourth-order valence-corrected chi connectivity index (χ4v) is 1.33. The average Bonchev–Trinajstić information content (AvgIpc) is 2.36. The molecule has 0 heterocycles. The molecule has 0 saturated carbocycles. The van der Waals surface area contributed by atoms with Gasteiger partial charge in [-0.05, 0) is 29.8 Å². The molecule has 0 aliphatic rings. The van der Waals surface area contributed by atoms with Crippen molar-refractivity contribution in [3.05, 3.63) is 42.0 Å². The maximum atomic E-state index is 8.55. The molecule has 0 aliphatic carbocycles. The Morgan fingerprint density at radius 2 is 2.12 bits per heavy atom. The van der Waals surface area contributed by atoms with Gasteiger partial charge in [0.1, 0.15) is 12.4 Å². The maximum absolute atomic E-state index is 8.55. The molecule has 0 aromatic heterocycles. The van der Waals surface area contributed by atoms with Crippen molar-refractivity contribution in [2.24, 2.45) is 0 Å². The highest BCUT2D eigenvalue weighted by Crippen LogP contribution is 2.13. The Morgan fingerprint density at radius 1 is 1.41 bits per heavy atom. The van der Waals surface area contributed by atoms with Gasteiger partial charge in [0.05, 0.1) is 12.5 Å². The van der Waals surface area contributed by atoms with Crippen LogP contribution in [0.1, 0.15) is 12.5 Å². The van der Waals surface area contributed by atoms with Gasteiger partial charge in [-0.3, -0.25) is 0 Å². The molecule has 0 fully saturated rings. The Labute approximate surface area is 103 Å². The SMILES string of the molecule is C=C(CNCC)COc1ccc(CC#N)cc1. The summed E-state index contributed by atoms with van der Waals surface area (Å²) in [7, 11) is 0. The van der Waals surface area contributed by atoms with Crippen LogP contribution in [0.3, 0.4) is 0 Å². The van der Waals surface area contributed by atoms with E-state index in [0.717, 1.165) is 30.0 Å². The third-order valence-corrected chi connectivity index (χ3v) is 2.27. The topological polar surface area (TPSA) is 45.0 Å². The molecule has 0 radical (unpaired) electrons. The van der Waals surface area contributed by atoms with E-state index in [9.17, 15) is 0 Å². The van der Waals surface area contributed by atoms with Crippen LogP contribution in [0.25, 0.3) is 0 Å². The monoisotopic (exact) mass is 230 g/mol. The van der Waals surface area contributed by atoms with Gasteiger partial charge in [0.2, 0.25) is 0 Å². The Hall–Kier alpha value is -1.79. The van der Waals surface area contributed by atoms with Gasteiger partial charge in [-0.15, -0.1) is 0 Å². The third-order valence-electron chi connectivity index (χ3n) is 2.27. The van der Waals surface area contributed by atoms with E-state index >= 15 is 0 Å². The number of likely N-dealkylation sites (N-methyl/N-ethyl adjacent to an activating group) is 1. The first-order chi connectivity index (χ1) is 8.26. The zero-order chi connectivity index (χ0) is 12.5. The quantitative estimate of drug-likeness (QED) is 0.731. The Balaban J connectivity index is 2.37. The van der Waals surface area contributed by atoms with Crippen LogP contribution in [0.15, 0.2) is 36.4 Å². The lowest BCUT2D eigenvalue weighted by Crippen LogP contribution is -2.18. The van der Waals surface area contributed by atoms with Gasteiger partial charge in [-0.25, -0.2) is 0 Å². The Bertz CT molecular complexity index is 390. The molecule has 90 valence electrons. The van der Waals surface area contributed by atoms with Crippen molar-refractivity contribution in [3.63, 3.8) is 0 Å². The van der Waals surface area contributed by atoms with Crippen molar-refractivity contribution in [2.75, 3.05) is 19.7 Å². The van der Waals surface area contributed by atoms with E-state index in [1.165, 1.54) is 0 Å². The standard InChI is InChI=1S/C14H18N2O/c1-3-16-10-12(2)11-17-14-6-4-13(5-7-14)8-9-15/h4-7,16H,2-3,8,10-11H2,1H3.